The highest BCUT2D eigenvalue weighted by molar-refractivity contribution is 6.07. The molecular formula is C9H10N4O. The second-order valence-corrected chi connectivity index (χ2v) is 3.07. The highest BCUT2D eigenvalue weighted by atomic mass is 16.1. The first kappa shape index (κ1) is 8.68. The van der Waals surface area contributed by atoms with E-state index >= 15 is 0 Å². The quantitative estimate of drug-likeness (QED) is 0.708. The van der Waals surface area contributed by atoms with E-state index < -0.39 is 0 Å². The summed E-state index contributed by atoms with van der Waals surface area (Å²) in [4.78, 5) is 18.5. The molecule has 1 N–H and O–H groups in total. The van der Waals surface area contributed by atoms with E-state index in [1.807, 2.05) is 0 Å². The second-order valence-electron chi connectivity index (χ2n) is 3.07. The molecule has 2 aromatic rings. The smallest absolute Gasteiger partial charge is 0.231 e. The number of carbonyl (C=O) groups is 1. The molecule has 0 amide bonds. The van der Waals surface area contributed by atoms with Crippen molar-refractivity contribution in [2.75, 3.05) is 0 Å². The summed E-state index contributed by atoms with van der Waals surface area (Å²) >= 11 is 0. The molecule has 0 spiro atoms. The lowest BCUT2D eigenvalue weighted by atomic mass is 10.2. The van der Waals surface area contributed by atoms with Gasteiger partial charge in [0.25, 0.3) is 0 Å². The van der Waals surface area contributed by atoms with Gasteiger partial charge in [-0.1, -0.05) is 0 Å². The number of hydrogen-bond acceptors (Lipinski definition) is 3. The maximum absolute atomic E-state index is 11.8. The minimum atomic E-state index is -0.124. The Morgan fingerprint density at radius 2 is 2.36 bits per heavy atom. The zero-order valence-corrected chi connectivity index (χ0v) is 7.98. The molecule has 0 atom stereocenters. The fourth-order valence-electron chi connectivity index (χ4n) is 1.34. The number of ketones is 1. The van der Waals surface area contributed by atoms with E-state index in [2.05, 4.69) is 15.1 Å². The number of hydrogen-bond donors (Lipinski definition) is 1. The van der Waals surface area contributed by atoms with Crippen molar-refractivity contribution in [3.8, 4) is 0 Å². The summed E-state index contributed by atoms with van der Waals surface area (Å²) in [5.41, 5.74) is 1.30. The highest BCUT2D eigenvalue weighted by Gasteiger charge is 2.16. The summed E-state index contributed by atoms with van der Waals surface area (Å²) in [7, 11) is 1.78. The van der Waals surface area contributed by atoms with E-state index in [4.69, 9.17) is 0 Å². The van der Waals surface area contributed by atoms with Gasteiger partial charge in [0.1, 0.15) is 0 Å². The molecule has 0 aliphatic heterocycles. The van der Waals surface area contributed by atoms with Crippen molar-refractivity contribution in [2.24, 2.45) is 7.05 Å². The largest absolute Gasteiger partial charge is 0.342 e. The lowest BCUT2D eigenvalue weighted by Gasteiger charge is -1.92. The van der Waals surface area contributed by atoms with Gasteiger partial charge >= 0.3 is 0 Å². The first-order valence-corrected chi connectivity index (χ1v) is 4.23. The Morgan fingerprint density at radius 1 is 1.57 bits per heavy atom. The fraction of sp³-hybridized carbons (Fsp3) is 0.222. The van der Waals surface area contributed by atoms with Gasteiger partial charge < -0.3 is 4.98 Å². The molecule has 0 aliphatic rings. The molecule has 2 aromatic heterocycles. The van der Waals surface area contributed by atoms with Crippen LogP contribution in [0.3, 0.4) is 0 Å². The first-order valence-electron chi connectivity index (χ1n) is 4.23. The number of imidazole rings is 1. The number of aromatic nitrogens is 4. The van der Waals surface area contributed by atoms with Crippen molar-refractivity contribution in [3.63, 3.8) is 0 Å². The van der Waals surface area contributed by atoms with E-state index in [1.54, 1.807) is 37.2 Å². The summed E-state index contributed by atoms with van der Waals surface area (Å²) in [6, 6.07) is 0. The van der Waals surface area contributed by atoms with Gasteiger partial charge in [0, 0.05) is 25.6 Å². The minimum Gasteiger partial charge on any atom is -0.342 e. The first-order chi connectivity index (χ1) is 6.68. The standard InChI is InChI=1S/C9H10N4O/c1-6-7(5-13(2)12-6)8(14)9-10-3-4-11-9/h3-5H,1-2H3,(H,10,11). The van der Waals surface area contributed by atoms with Gasteiger partial charge in [-0.3, -0.25) is 9.48 Å². The Kier molecular flexibility index (Phi) is 1.92. The number of rotatable bonds is 2. The molecular weight excluding hydrogens is 180 g/mol. The van der Waals surface area contributed by atoms with E-state index in [0.29, 0.717) is 17.1 Å². The predicted molar refractivity (Wildman–Crippen MR) is 50.0 cm³/mol. The van der Waals surface area contributed by atoms with Crippen LogP contribution >= 0.6 is 0 Å². The van der Waals surface area contributed by atoms with Crippen LogP contribution in [0.5, 0.6) is 0 Å². The average Bonchev–Trinajstić information content (AvgIpc) is 2.73. The number of nitrogens with one attached hydrogen (secondary N) is 1. The van der Waals surface area contributed by atoms with Crippen molar-refractivity contribution >= 4 is 5.78 Å². The molecule has 2 rings (SSSR count). The molecule has 2 heterocycles. The fourth-order valence-corrected chi connectivity index (χ4v) is 1.34. The van der Waals surface area contributed by atoms with Gasteiger partial charge in [-0.05, 0) is 6.92 Å². The Labute approximate surface area is 80.8 Å². The van der Waals surface area contributed by atoms with Crippen LogP contribution in [0.25, 0.3) is 0 Å². The molecule has 72 valence electrons. The number of nitrogens with zero attached hydrogens (tertiary/aromatic N) is 3. The third kappa shape index (κ3) is 1.32. The van der Waals surface area contributed by atoms with Crippen LogP contribution in [0.1, 0.15) is 21.9 Å². The molecule has 0 fully saturated rings. The maximum atomic E-state index is 11.8. The van der Waals surface area contributed by atoms with Crippen molar-refractivity contribution in [2.45, 2.75) is 6.92 Å². The molecule has 0 unspecified atom stereocenters. The second kappa shape index (κ2) is 3.10. The van der Waals surface area contributed by atoms with Crippen LogP contribution in [0.4, 0.5) is 0 Å². The Morgan fingerprint density at radius 3 is 2.86 bits per heavy atom. The zero-order valence-electron chi connectivity index (χ0n) is 7.98. The molecule has 0 saturated carbocycles. The Balaban J connectivity index is 2.41. The van der Waals surface area contributed by atoms with Gasteiger partial charge in [-0.15, -0.1) is 0 Å². The van der Waals surface area contributed by atoms with Gasteiger partial charge in [-0.25, -0.2) is 4.98 Å². The molecule has 0 saturated heterocycles. The van der Waals surface area contributed by atoms with Gasteiger partial charge in [-0.2, -0.15) is 5.10 Å². The van der Waals surface area contributed by atoms with E-state index in [0.717, 1.165) is 0 Å². The highest BCUT2D eigenvalue weighted by Crippen LogP contribution is 2.09. The molecule has 5 nitrogen and oxygen atoms in total. The third-order valence-electron chi connectivity index (χ3n) is 1.97. The summed E-state index contributed by atoms with van der Waals surface area (Å²) in [6.45, 7) is 1.80. The molecule has 0 radical (unpaired) electrons. The van der Waals surface area contributed by atoms with Crippen molar-refractivity contribution in [3.05, 3.63) is 35.7 Å². The SMILES string of the molecule is Cc1nn(C)cc1C(=O)c1ncc[nH]1. The van der Waals surface area contributed by atoms with Gasteiger partial charge in [0.2, 0.25) is 5.78 Å². The maximum Gasteiger partial charge on any atom is 0.231 e. The van der Waals surface area contributed by atoms with E-state index in [9.17, 15) is 4.79 Å². The third-order valence-corrected chi connectivity index (χ3v) is 1.97. The Hall–Kier alpha value is -1.91. The number of aromatic amines is 1. The van der Waals surface area contributed by atoms with E-state index in [1.165, 1.54) is 0 Å². The van der Waals surface area contributed by atoms with Crippen molar-refractivity contribution in [1.29, 1.82) is 0 Å². The van der Waals surface area contributed by atoms with Gasteiger partial charge in [0.05, 0.1) is 11.3 Å². The Bertz CT molecular complexity index is 455. The number of H-pyrrole nitrogens is 1. The monoisotopic (exact) mass is 190 g/mol. The number of carbonyl (C=O) groups excluding carboxylic acids is 1. The molecule has 0 bridgehead atoms. The predicted octanol–water partition coefficient (Wildman–Crippen LogP) is 0.683. The van der Waals surface area contributed by atoms with E-state index in [-0.39, 0.29) is 5.78 Å². The molecule has 14 heavy (non-hydrogen) atoms. The van der Waals surface area contributed by atoms with Gasteiger partial charge in [0.15, 0.2) is 5.82 Å². The molecule has 5 heteroatoms. The summed E-state index contributed by atoms with van der Waals surface area (Å²) < 4.78 is 1.62. The molecule has 0 aliphatic carbocycles. The van der Waals surface area contributed by atoms with Crippen LogP contribution in [0.15, 0.2) is 18.6 Å². The normalized spacial score (nSPS) is 10.4. The van der Waals surface area contributed by atoms with Crippen LogP contribution in [-0.2, 0) is 7.05 Å². The van der Waals surface area contributed by atoms with Crippen LogP contribution in [0.2, 0.25) is 0 Å². The van der Waals surface area contributed by atoms with Crippen LogP contribution in [0, 0.1) is 6.92 Å². The lowest BCUT2D eigenvalue weighted by molar-refractivity contribution is 0.102. The average molecular weight is 190 g/mol. The minimum absolute atomic E-state index is 0.124. The lowest BCUT2D eigenvalue weighted by Crippen LogP contribution is -2.03. The van der Waals surface area contributed by atoms with Crippen LogP contribution < -0.4 is 0 Å². The summed E-state index contributed by atoms with van der Waals surface area (Å²) in [5.74, 6) is 0.224. The summed E-state index contributed by atoms with van der Waals surface area (Å²) in [6.07, 6.45) is 4.87. The topological polar surface area (TPSA) is 63.6 Å². The van der Waals surface area contributed by atoms with Crippen molar-refractivity contribution in [1.82, 2.24) is 19.7 Å². The summed E-state index contributed by atoms with van der Waals surface area (Å²) in [5, 5.41) is 4.10. The van der Waals surface area contributed by atoms with Crippen LogP contribution in [-0.4, -0.2) is 25.5 Å². The zero-order chi connectivity index (χ0) is 10.1. The number of aryl methyl sites for hydroxylation is 2. The molecule has 0 aromatic carbocycles. The van der Waals surface area contributed by atoms with Crippen molar-refractivity contribution < 1.29 is 4.79 Å².